The minimum atomic E-state index is -1.99. The Morgan fingerprint density at radius 1 is 0.362 bits per heavy atom. The highest BCUT2D eigenvalue weighted by Gasteiger charge is 2.56. The number of amides is 16. The number of carboxylic acid groups (broad SMARTS) is 1. The average molecular weight is 1830 g/mol. The Kier molecular flexibility index (Phi) is 44.4. The van der Waals surface area contributed by atoms with Gasteiger partial charge in [-0.1, -0.05) is 0 Å². The first-order valence-corrected chi connectivity index (χ1v) is 40.3. The zero-order valence-corrected chi connectivity index (χ0v) is 71.2. The van der Waals surface area contributed by atoms with Crippen molar-refractivity contribution in [2.45, 2.75) is 323 Å². The molecule has 0 aromatic rings. The lowest BCUT2D eigenvalue weighted by Gasteiger charge is -2.48. The Morgan fingerprint density at radius 3 is 1.05 bits per heavy atom. The van der Waals surface area contributed by atoms with Crippen LogP contribution in [0.25, 0.3) is 0 Å². The Hall–Kier alpha value is -10.3. The molecule has 4 aliphatic heterocycles. The molecule has 0 radical (unpaired) electrons. The summed E-state index contributed by atoms with van der Waals surface area (Å²) in [6.07, 6.45) is -35.3. The molecular formula is C73H121N17O37. The van der Waals surface area contributed by atoms with Gasteiger partial charge in [-0.15, -0.1) is 0 Å². The highest BCUT2D eigenvalue weighted by molar-refractivity contribution is 5.96. The van der Waals surface area contributed by atoms with Crippen molar-refractivity contribution in [2.75, 3.05) is 26.4 Å². The van der Waals surface area contributed by atoms with Crippen LogP contribution in [0.3, 0.4) is 0 Å². The van der Waals surface area contributed by atoms with E-state index in [9.17, 15) is 137 Å². The molecule has 4 rings (SSSR count). The third-order valence-electron chi connectivity index (χ3n) is 20.4. The van der Waals surface area contributed by atoms with Crippen LogP contribution in [0.2, 0.25) is 0 Å². The number of aliphatic hydroxyl groups excluding tert-OH is 9. The van der Waals surface area contributed by atoms with E-state index in [0.717, 1.165) is 69.2 Å². The van der Waals surface area contributed by atoms with Gasteiger partial charge in [0.1, 0.15) is 165 Å². The molecule has 54 nitrogen and oxygen atoms in total. The third kappa shape index (κ3) is 33.7. The maximum Gasteiger partial charge on any atom is 0.326 e. The van der Waals surface area contributed by atoms with Gasteiger partial charge in [-0.25, -0.2) is 4.79 Å². The second-order valence-electron chi connectivity index (χ2n) is 30.7. The SMILES string of the molecule is CC(=O)NC1C(OC2C(CO)OC(O)C(NC(C)=O)C2OC(C)C(=O)NC(C)C(=O)NC(CCC(=O)NC(CCCC(NC(=O)C(C)NC(=O)C(CCCC(N)C(N)=O)NC(=O)CCC(NC(=O)C(C)NC(=O)C(C)OC2C(NC(C)=O)C(O)OC(CO)C2OC2OC(COC(C)=O)C(O)C(O)C2NC(C)=O)C(N)=O)C(N)=O)C(=O)O)C(N)=O)OC(CO)C(O)C1O. The zero-order chi connectivity index (χ0) is 96.0. The quantitative estimate of drug-likeness (QED) is 0.0252. The summed E-state index contributed by atoms with van der Waals surface area (Å²) in [4.78, 5) is 232. The molecule has 0 bridgehead atoms. The van der Waals surface area contributed by atoms with E-state index >= 15 is 0 Å². The van der Waals surface area contributed by atoms with Crippen LogP contribution < -0.4 is 92.5 Å². The predicted octanol–water partition coefficient (Wildman–Crippen LogP) is -15.6. The fourth-order valence-corrected chi connectivity index (χ4v) is 13.6. The van der Waals surface area contributed by atoms with Crippen molar-refractivity contribution in [2.24, 2.45) is 28.7 Å². The molecule has 4 fully saturated rings. The normalized spacial score (nSPS) is 28.3. The Balaban J connectivity index is 1.36. The minimum absolute atomic E-state index is 0.0716. The van der Waals surface area contributed by atoms with E-state index in [-0.39, 0.29) is 32.1 Å². The van der Waals surface area contributed by atoms with Crippen molar-refractivity contribution in [1.29, 1.82) is 0 Å². The van der Waals surface area contributed by atoms with E-state index in [1.165, 1.54) is 0 Å². The van der Waals surface area contributed by atoms with Gasteiger partial charge in [-0.3, -0.25) is 81.5 Å². The minimum Gasteiger partial charge on any atom is -0.480 e. The number of ether oxygens (including phenoxy) is 9. The van der Waals surface area contributed by atoms with Gasteiger partial charge < -0.3 is 186 Å². The second kappa shape index (κ2) is 51.7. The van der Waals surface area contributed by atoms with Gasteiger partial charge >= 0.3 is 11.9 Å². The highest BCUT2D eigenvalue weighted by atomic mass is 16.7. The molecule has 31 unspecified atom stereocenters. The van der Waals surface area contributed by atoms with Gasteiger partial charge in [0.2, 0.25) is 94.5 Å². The van der Waals surface area contributed by atoms with Crippen LogP contribution in [0.1, 0.15) is 133 Å². The fraction of sp³-hybridized carbons (Fsp3) is 0.753. The number of esters is 1. The summed E-state index contributed by atoms with van der Waals surface area (Å²) in [5.41, 5.74) is 27.9. The molecule has 4 aliphatic rings. The van der Waals surface area contributed by atoms with Gasteiger partial charge in [0, 0.05) is 47.5 Å². The summed E-state index contributed by atoms with van der Waals surface area (Å²) in [5, 5.41) is 134. The van der Waals surface area contributed by atoms with E-state index in [0.29, 0.717) is 0 Å². The second-order valence-corrected chi connectivity index (χ2v) is 30.7. The van der Waals surface area contributed by atoms with Crippen molar-refractivity contribution in [3.05, 3.63) is 0 Å². The molecule has 720 valence electrons. The van der Waals surface area contributed by atoms with E-state index in [2.05, 4.69) is 63.8 Å². The molecule has 0 aromatic carbocycles. The largest absolute Gasteiger partial charge is 0.480 e. The van der Waals surface area contributed by atoms with Crippen LogP contribution >= 0.6 is 0 Å². The number of aliphatic carboxylic acids is 1. The van der Waals surface area contributed by atoms with Gasteiger partial charge in [-0.2, -0.15) is 0 Å². The van der Waals surface area contributed by atoms with Crippen LogP contribution in [0.4, 0.5) is 0 Å². The van der Waals surface area contributed by atoms with Crippen LogP contribution in [-0.4, -0.2) is 373 Å². The van der Waals surface area contributed by atoms with Crippen molar-refractivity contribution >= 4 is 106 Å². The first kappa shape index (κ1) is 109. The van der Waals surface area contributed by atoms with E-state index in [1.807, 2.05) is 0 Å². The van der Waals surface area contributed by atoms with Gasteiger partial charge in [-0.05, 0) is 86.0 Å². The monoisotopic (exact) mass is 1830 g/mol. The molecular weight excluding hydrogens is 1710 g/mol. The molecule has 0 saturated carbocycles. The Bertz CT molecular complexity index is 3820. The summed E-state index contributed by atoms with van der Waals surface area (Å²) in [7, 11) is 0. The van der Waals surface area contributed by atoms with Crippen LogP contribution in [0.15, 0.2) is 0 Å². The summed E-state index contributed by atoms with van der Waals surface area (Å²) in [6, 6.07) is -20.5. The number of hydrogen-bond donors (Lipinski definition) is 27. The van der Waals surface area contributed by atoms with Crippen LogP contribution in [-0.2, 0) is 129 Å². The molecule has 31 atom stereocenters. The lowest BCUT2D eigenvalue weighted by molar-refractivity contribution is -0.333. The molecule has 0 aliphatic carbocycles. The number of hydrogen-bond acceptors (Lipinski definition) is 37. The average Bonchev–Trinajstić information content (AvgIpc) is 0.776. The number of carboxylic acids is 1. The van der Waals surface area contributed by atoms with Crippen molar-refractivity contribution in [3.8, 4) is 0 Å². The van der Waals surface area contributed by atoms with Crippen molar-refractivity contribution < 1.29 is 180 Å². The Morgan fingerprint density at radius 2 is 0.693 bits per heavy atom. The van der Waals surface area contributed by atoms with E-state index in [4.69, 9.17) is 71.3 Å². The number of carbonyl (C=O) groups is 18. The number of carbonyl (C=O) groups excluding carboxylic acids is 17. The first-order chi connectivity index (χ1) is 59.4. The number of aliphatic hydroxyl groups is 9. The van der Waals surface area contributed by atoms with Gasteiger partial charge in [0.05, 0.1) is 25.9 Å². The maximum absolute atomic E-state index is 13.9. The summed E-state index contributed by atoms with van der Waals surface area (Å²) in [6.45, 7) is 7.52. The predicted molar refractivity (Wildman–Crippen MR) is 421 cm³/mol. The number of rotatable bonds is 50. The van der Waals surface area contributed by atoms with Crippen LogP contribution in [0.5, 0.6) is 0 Å². The van der Waals surface area contributed by atoms with E-state index < -0.39 is 354 Å². The number of nitrogens with one attached hydrogen (secondary N) is 12. The number of nitrogens with two attached hydrogens (primary N) is 5. The molecule has 16 amide bonds. The lowest BCUT2D eigenvalue weighted by Crippen LogP contribution is -2.70. The third-order valence-corrected chi connectivity index (χ3v) is 20.4. The van der Waals surface area contributed by atoms with Crippen molar-refractivity contribution in [1.82, 2.24) is 63.8 Å². The standard InChI is InChI=1S/C73H121N17O37/c1-25(79-67(113)29(5)121-58-50(85-33(9)97)71(118)123-43(23-93)56(58)127-73-48(83-31(7)95)54(104)52(102)44(125-73)24-119-34(10)98)63(109)89-37(61(77)107)17-19-45(99)86-39(15-11-13-35(74)59(75)105)68(114)81-27(3)65(111)88-36(60(76)106)14-12-16-40(69(115)116)87-46(100)20-18-38(62(78)108)90-64(110)26(2)80-66(112)28(4)120-57-49(84-32(8)96)70(117)122-42(22-92)55(57)126-72-47(82-30(6)94)53(103)51(101)41(21-91)124-72/h25-29,35-44,47-58,70-73,91-93,101-104,117-118H,11-24,74H2,1-10H3,(H2,75,105)(H2,76,106)(H2,77,107)(H2,78,108)(H,79,113)(H,80,112)(H,81,114)(H,82,94)(H,83,95)(H,84,96)(H,85,97)(H,86,99)(H,87,100)(H,88,111)(H,89,109)(H,90,110)(H,115,116). The smallest absolute Gasteiger partial charge is 0.326 e. The summed E-state index contributed by atoms with van der Waals surface area (Å²) >= 11 is 0. The van der Waals surface area contributed by atoms with E-state index in [1.54, 1.807) is 0 Å². The maximum atomic E-state index is 13.9. The molecule has 54 heteroatoms. The van der Waals surface area contributed by atoms with Gasteiger partial charge in [0.15, 0.2) is 25.2 Å². The number of primary amides is 4. The molecule has 32 N–H and O–H groups in total. The summed E-state index contributed by atoms with van der Waals surface area (Å²) in [5.74, 6) is -18.4. The van der Waals surface area contributed by atoms with Crippen molar-refractivity contribution in [3.63, 3.8) is 0 Å². The summed E-state index contributed by atoms with van der Waals surface area (Å²) < 4.78 is 51.8. The van der Waals surface area contributed by atoms with Gasteiger partial charge in [0.25, 0.3) is 0 Å². The molecule has 0 spiro atoms. The topological polar surface area (TPSA) is 867 Å². The highest BCUT2D eigenvalue weighted by Crippen LogP contribution is 2.34. The van der Waals surface area contributed by atoms with Crippen LogP contribution in [0, 0.1) is 0 Å². The zero-order valence-electron chi connectivity index (χ0n) is 71.2. The Labute approximate surface area is 725 Å². The first-order valence-electron chi connectivity index (χ1n) is 40.3. The molecule has 4 saturated heterocycles. The fourth-order valence-electron chi connectivity index (χ4n) is 13.6. The molecule has 4 heterocycles. The molecule has 127 heavy (non-hydrogen) atoms. The lowest BCUT2D eigenvalue weighted by atomic mass is 9.94. The molecule has 0 aromatic heterocycles.